The van der Waals surface area contributed by atoms with Crippen LogP contribution < -0.4 is 0 Å². The van der Waals surface area contributed by atoms with Crippen molar-refractivity contribution in [2.75, 3.05) is 0 Å². The highest BCUT2D eigenvalue weighted by Gasteiger charge is 2.38. The number of aliphatic imine (C=N–C) groups is 1. The molecule has 0 radical (unpaired) electrons. The van der Waals surface area contributed by atoms with Crippen molar-refractivity contribution in [2.24, 2.45) is 4.99 Å². The van der Waals surface area contributed by atoms with Gasteiger partial charge in [-0.1, -0.05) is 18.9 Å². The van der Waals surface area contributed by atoms with Crippen LogP contribution in [-0.2, 0) is 10.3 Å². The van der Waals surface area contributed by atoms with Crippen LogP contribution in [0.15, 0.2) is 17.1 Å². The Morgan fingerprint density at radius 2 is 1.94 bits per heavy atom. The maximum atomic E-state index is 10.7. The Hall–Kier alpha value is -1.60. The van der Waals surface area contributed by atoms with Crippen LogP contribution in [0, 0.1) is 13.8 Å². The molecule has 0 bridgehead atoms. The maximum absolute atomic E-state index is 10.7. The van der Waals surface area contributed by atoms with Gasteiger partial charge in [-0.3, -0.25) is 0 Å². The molecular formula is C14H17NO2. The molecule has 0 unspecified atom stereocenters. The maximum Gasteiger partial charge on any atom is 0.235 e. The quantitative estimate of drug-likeness (QED) is 0.628. The van der Waals surface area contributed by atoms with Crippen LogP contribution in [0.5, 0.6) is 5.75 Å². The van der Waals surface area contributed by atoms with Gasteiger partial charge in [-0.2, -0.15) is 4.99 Å². The van der Waals surface area contributed by atoms with E-state index < -0.39 is 5.54 Å². The molecule has 0 amide bonds. The molecule has 3 nitrogen and oxygen atoms in total. The number of aromatic hydroxyl groups is 1. The van der Waals surface area contributed by atoms with Gasteiger partial charge in [0.15, 0.2) is 0 Å². The molecular weight excluding hydrogens is 214 g/mol. The van der Waals surface area contributed by atoms with Gasteiger partial charge >= 0.3 is 0 Å². The molecule has 0 aliphatic heterocycles. The second kappa shape index (κ2) is 4.34. The van der Waals surface area contributed by atoms with Crippen LogP contribution in [0.3, 0.4) is 0 Å². The van der Waals surface area contributed by atoms with Crippen molar-refractivity contribution >= 4 is 6.08 Å². The minimum atomic E-state index is -0.538. The predicted octanol–water partition coefficient (Wildman–Crippen LogP) is 3.11. The highest BCUT2D eigenvalue weighted by Crippen LogP contribution is 2.46. The first-order valence-electron chi connectivity index (χ1n) is 5.99. The Kier molecular flexibility index (Phi) is 3.03. The Morgan fingerprint density at radius 3 is 2.47 bits per heavy atom. The summed E-state index contributed by atoms with van der Waals surface area (Å²) in [6.07, 6.45) is 5.40. The normalized spacial score (nSPS) is 17.8. The number of rotatable bonds is 2. The molecule has 0 heterocycles. The summed E-state index contributed by atoms with van der Waals surface area (Å²) in [5.41, 5.74) is 2.29. The minimum absolute atomic E-state index is 0.253. The first-order valence-corrected chi connectivity index (χ1v) is 5.99. The van der Waals surface area contributed by atoms with Crippen molar-refractivity contribution in [3.05, 3.63) is 28.8 Å². The molecule has 1 N–H and O–H groups in total. The van der Waals surface area contributed by atoms with Gasteiger partial charge in [0.25, 0.3) is 0 Å². The summed E-state index contributed by atoms with van der Waals surface area (Å²) < 4.78 is 0. The molecule has 0 saturated heterocycles. The number of benzene rings is 1. The van der Waals surface area contributed by atoms with E-state index in [-0.39, 0.29) is 5.75 Å². The first-order chi connectivity index (χ1) is 8.09. The third-order valence-corrected chi connectivity index (χ3v) is 3.61. The molecule has 17 heavy (non-hydrogen) atoms. The van der Waals surface area contributed by atoms with Gasteiger partial charge in [-0.15, -0.1) is 0 Å². The number of nitrogens with zero attached hydrogens (tertiary/aromatic N) is 1. The summed E-state index contributed by atoms with van der Waals surface area (Å²) in [7, 11) is 0. The first kappa shape index (κ1) is 11.9. The Balaban J connectivity index is 2.61. The molecule has 2 rings (SSSR count). The minimum Gasteiger partial charge on any atom is -0.508 e. The van der Waals surface area contributed by atoms with E-state index in [1.165, 1.54) is 0 Å². The zero-order valence-corrected chi connectivity index (χ0v) is 10.3. The van der Waals surface area contributed by atoms with Gasteiger partial charge in [0, 0.05) is 5.56 Å². The average Bonchev–Trinajstić information content (AvgIpc) is 2.66. The van der Waals surface area contributed by atoms with Crippen molar-refractivity contribution in [2.45, 2.75) is 45.1 Å². The van der Waals surface area contributed by atoms with Crippen molar-refractivity contribution in [3.63, 3.8) is 0 Å². The van der Waals surface area contributed by atoms with Crippen LogP contribution >= 0.6 is 0 Å². The lowest BCUT2D eigenvalue weighted by Crippen LogP contribution is -2.20. The molecule has 3 heteroatoms. The molecule has 0 spiro atoms. The van der Waals surface area contributed by atoms with Gasteiger partial charge in [0.05, 0.1) is 0 Å². The molecule has 1 saturated carbocycles. The van der Waals surface area contributed by atoms with Crippen LogP contribution in [0.2, 0.25) is 0 Å². The number of phenols is 1. The van der Waals surface area contributed by atoms with E-state index in [1.54, 1.807) is 12.1 Å². The largest absolute Gasteiger partial charge is 0.508 e. The van der Waals surface area contributed by atoms with E-state index in [1.807, 2.05) is 19.9 Å². The monoisotopic (exact) mass is 231 g/mol. The topological polar surface area (TPSA) is 49.7 Å². The summed E-state index contributed by atoms with van der Waals surface area (Å²) in [4.78, 5) is 14.7. The smallest absolute Gasteiger partial charge is 0.235 e. The standard InChI is InChI=1S/C14H17NO2/c1-10-7-11(2)13(12(17)8-10)14(15-9-16)5-3-4-6-14/h7-8,17H,3-6H2,1-2H3. The highest BCUT2D eigenvalue weighted by molar-refractivity contribution is 5.49. The molecule has 90 valence electrons. The number of hydrogen-bond donors (Lipinski definition) is 1. The zero-order chi connectivity index (χ0) is 12.5. The molecule has 1 aromatic carbocycles. The van der Waals surface area contributed by atoms with Crippen LogP contribution in [0.1, 0.15) is 42.4 Å². The average molecular weight is 231 g/mol. The lowest BCUT2D eigenvalue weighted by Gasteiger charge is -2.26. The van der Waals surface area contributed by atoms with Crippen molar-refractivity contribution in [1.29, 1.82) is 0 Å². The molecule has 0 atom stereocenters. The molecule has 1 aromatic rings. The Bertz CT molecular complexity index is 458. The van der Waals surface area contributed by atoms with E-state index in [0.29, 0.717) is 0 Å². The molecule has 1 fully saturated rings. The van der Waals surface area contributed by atoms with Crippen molar-refractivity contribution in [1.82, 2.24) is 0 Å². The van der Waals surface area contributed by atoms with E-state index in [2.05, 4.69) is 4.99 Å². The van der Waals surface area contributed by atoms with E-state index in [9.17, 15) is 9.90 Å². The number of hydrogen-bond acceptors (Lipinski definition) is 3. The molecule has 0 aromatic heterocycles. The van der Waals surface area contributed by atoms with Gasteiger partial charge in [-0.05, 0) is 43.9 Å². The third-order valence-electron chi connectivity index (χ3n) is 3.61. The zero-order valence-electron chi connectivity index (χ0n) is 10.3. The van der Waals surface area contributed by atoms with Crippen LogP contribution in [0.4, 0.5) is 0 Å². The second-order valence-electron chi connectivity index (χ2n) is 4.92. The van der Waals surface area contributed by atoms with Gasteiger partial charge in [0.2, 0.25) is 6.08 Å². The predicted molar refractivity (Wildman–Crippen MR) is 65.8 cm³/mol. The van der Waals surface area contributed by atoms with E-state index in [4.69, 9.17) is 0 Å². The van der Waals surface area contributed by atoms with Gasteiger partial charge < -0.3 is 5.11 Å². The van der Waals surface area contributed by atoms with Gasteiger partial charge in [0.1, 0.15) is 11.3 Å². The van der Waals surface area contributed by atoms with Crippen LogP contribution in [0.25, 0.3) is 0 Å². The van der Waals surface area contributed by atoms with E-state index in [0.717, 1.165) is 42.4 Å². The Labute approximate surface area is 101 Å². The fourth-order valence-corrected chi connectivity index (χ4v) is 3.02. The number of phenolic OH excluding ortho intramolecular Hbond substituents is 1. The van der Waals surface area contributed by atoms with Crippen molar-refractivity contribution < 1.29 is 9.90 Å². The van der Waals surface area contributed by atoms with Crippen molar-refractivity contribution in [3.8, 4) is 5.75 Å². The molecule has 1 aliphatic rings. The lowest BCUT2D eigenvalue weighted by molar-refractivity contribution is 0.406. The lowest BCUT2D eigenvalue weighted by atomic mass is 9.84. The Morgan fingerprint density at radius 1 is 1.29 bits per heavy atom. The molecule has 1 aliphatic carbocycles. The summed E-state index contributed by atoms with van der Waals surface area (Å²) in [6, 6.07) is 3.76. The fourth-order valence-electron chi connectivity index (χ4n) is 3.02. The number of carbonyl (C=O) groups excluding carboxylic acids is 1. The summed E-state index contributed by atoms with van der Waals surface area (Å²) in [6.45, 7) is 3.91. The third kappa shape index (κ3) is 1.98. The number of isocyanates is 1. The SMILES string of the molecule is Cc1cc(C)c(C2(N=C=O)CCCC2)c(O)c1. The highest BCUT2D eigenvalue weighted by atomic mass is 16.3. The van der Waals surface area contributed by atoms with E-state index >= 15 is 0 Å². The summed E-state index contributed by atoms with van der Waals surface area (Å²) in [5.74, 6) is 0.253. The fraction of sp³-hybridized carbons (Fsp3) is 0.500. The van der Waals surface area contributed by atoms with Gasteiger partial charge in [-0.25, -0.2) is 4.79 Å². The second-order valence-corrected chi connectivity index (χ2v) is 4.92. The number of aryl methyl sites for hydroxylation is 2. The summed E-state index contributed by atoms with van der Waals surface area (Å²) in [5, 5.41) is 10.1. The summed E-state index contributed by atoms with van der Waals surface area (Å²) >= 11 is 0. The van der Waals surface area contributed by atoms with Crippen LogP contribution in [-0.4, -0.2) is 11.2 Å².